The topological polar surface area (TPSA) is 142 Å². The Labute approximate surface area is 221 Å². The molecule has 1 aromatic carbocycles. The summed E-state index contributed by atoms with van der Waals surface area (Å²) in [4.78, 5) is 40.5. The van der Waals surface area contributed by atoms with Crippen LogP contribution >= 0.6 is 0 Å². The molecule has 11 nitrogen and oxygen atoms in total. The van der Waals surface area contributed by atoms with Gasteiger partial charge in [-0.2, -0.15) is 5.10 Å². The summed E-state index contributed by atoms with van der Waals surface area (Å²) in [5.41, 5.74) is -1.41. The molecule has 0 bridgehead atoms. The summed E-state index contributed by atoms with van der Waals surface area (Å²) in [5.74, 6) is -1.64. The lowest BCUT2D eigenvalue weighted by molar-refractivity contribution is -0.140. The van der Waals surface area contributed by atoms with Crippen LogP contribution in [-0.4, -0.2) is 54.2 Å². The van der Waals surface area contributed by atoms with Crippen LogP contribution in [0, 0.1) is 5.82 Å². The van der Waals surface area contributed by atoms with Crippen LogP contribution < -0.4 is 5.32 Å². The minimum Gasteiger partial charge on any atom is -0.467 e. The molecule has 2 aromatic heterocycles. The highest BCUT2D eigenvalue weighted by molar-refractivity contribution is 7.91. The molecule has 1 saturated heterocycles. The standard InChI is InChI=1S/C26H21FN4O7S/c27-16-5-8-22-19(13-16)26(9-12-39(22,35)36)24(33)30(25(34)28-26)15-23(32)31-20(21-4-2-11-38-21)14-17(29-31)6-7-18-3-1-10-37-18/h1-8,10-11,13,20H,9,12,14-15H2,(H,28,34)/b7-6-/t20-,26+/m1/s1. The summed E-state index contributed by atoms with van der Waals surface area (Å²) in [6.07, 6.45) is 6.39. The molecule has 3 aliphatic rings. The molecule has 1 spiro atoms. The molecule has 4 amide bonds. The molecule has 0 unspecified atom stereocenters. The van der Waals surface area contributed by atoms with E-state index in [1.807, 2.05) is 0 Å². The van der Waals surface area contributed by atoms with Gasteiger partial charge < -0.3 is 14.2 Å². The van der Waals surface area contributed by atoms with E-state index in [1.165, 1.54) is 12.5 Å². The van der Waals surface area contributed by atoms with Gasteiger partial charge in [0.15, 0.2) is 9.84 Å². The maximum atomic E-state index is 14.2. The molecule has 0 saturated carbocycles. The Morgan fingerprint density at radius 1 is 1.15 bits per heavy atom. The molecule has 5 heterocycles. The van der Waals surface area contributed by atoms with E-state index in [2.05, 4.69) is 10.4 Å². The van der Waals surface area contributed by atoms with Crippen molar-refractivity contribution in [2.24, 2.45) is 5.10 Å². The number of nitrogens with one attached hydrogen (secondary N) is 1. The van der Waals surface area contributed by atoms with E-state index < -0.39 is 57.4 Å². The summed E-state index contributed by atoms with van der Waals surface area (Å²) < 4.78 is 50.1. The Morgan fingerprint density at radius 3 is 2.69 bits per heavy atom. The summed E-state index contributed by atoms with van der Waals surface area (Å²) in [7, 11) is -3.78. The molecular weight excluding hydrogens is 531 g/mol. The molecule has 6 rings (SSSR count). The molecule has 3 aromatic rings. The zero-order chi connectivity index (χ0) is 27.4. The van der Waals surface area contributed by atoms with E-state index in [0.29, 0.717) is 28.6 Å². The molecule has 13 heteroatoms. The Balaban J connectivity index is 1.29. The van der Waals surface area contributed by atoms with Gasteiger partial charge in [0, 0.05) is 12.0 Å². The van der Waals surface area contributed by atoms with Gasteiger partial charge in [0.05, 0.1) is 28.9 Å². The summed E-state index contributed by atoms with van der Waals surface area (Å²) >= 11 is 0. The van der Waals surface area contributed by atoms with E-state index in [-0.39, 0.29) is 16.9 Å². The lowest BCUT2D eigenvalue weighted by Crippen LogP contribution is -2.49. The fourth-order valence-corrected chi connectivity index (χ4v) is 6.74. The van der Waals surface area contributed by atoms with Gasteiger partial charge in [0.1, 0.15) is 35.5 Å². The molecule has 1 fully saturated rings. The average Bonchev–Trinajstić information content (AvgIpc) is 3.70. The number of allylic oxidation sites excluding steroid dienone is 1. The lowest BCUT2D eigenvalue weighted by atomic mass is 9.86. The number of imide groups is 1. The first kappa shape index (κ1) is 24.8. The molecule has 1 N–H and O–H groups in total. The Bertz CT molecular complexity index is 1650. The molecule has 3 aliphatic heterocycles. The molecule has 2 atom stereocenters. The van der Waals surface area contributed by atoms with E-state index >= 15 is 0 Å². The second-order valence-electron chi connectivity index (χ2n) is 9.35. The number of furan rings is 2. The van der Waals surface area contributed by atoms with Crippen molar-refractivity contribution < 1.29 is 36.0 Å². The number of amides is 4. The quantitative estimate of drug-likeness (QED) is 0.379. The summed E-state index contributed by atoms with van der Waals surface area (Å²) in [5, 5.41) is 8.09. The van der Waals surface area contributed by atoms with Crippen molar-refractivity contribution in [2.45, 2.75) is 29.3 Å². The number of carbonyl (C=O) groups excluding carboxylic acids is 3. The van der Waals surface area contributed by atoms with Gasteiger partial charge in [0.2, 0.25) is 0 Å². The van der Waals surface area contributed by atoms with Crippen LogP contribution in [0.1, 0.15) is 36.0 Å². The number of carbonyl (C=O) groups is 3. The third-order valence-corrected chi connectivity index (χ3v) is 8.76. The second-order valence-corrected chi connectivity index (χ2v) is 11.4. The van der Waals surface area contributed by atoms with Crippen molar-refractivity contribution in [1.29, 1.82) is 0 Å². The number of hydrogen-bond donors (Lipinski definition) is 1. The SMILES string of the molecule is O=C1N[C@]2(CCS(=O)(=O)c3ccc(F)cc32)C(=O)N1CC(=O)N1N=C(/C=C\c2ccco2)C[C@@H]1c1ccco1. The van der Waals surface area contributed by atoms with Gasteiger partial charge >= 0.3 is 6.03 Å². The van der Waals surface area contributed by atoms with Crippen molar-refractivity contribution >= 4 is 39.5 Å². The summed E-state index contributed by atoms with van der Waals surface area (Å²) in [6, 6.07) is 8.34. The normalized spacial score (nSPS) is 23.9. The Hall–Kier alpha value is -4.52. The van der Waals surface area contributed by atoms with Crippen LogP contribution in [0.3, 0.4) is 0 Å². The number of hydrazone groups is 1. The zero-order valence-electron chi connectivity index (χ0n) is 20.2. The largest absolute Gasteiger partial charge is 0.467 e. The average molecular weight is 553 g/mol. The first-order valence-electron chi connectivity index (χ1n) is 12.0. The second kappa shape index (κ2) is 9.05. The number of urea groups is 1. The third-order valence-electron chi connectivity index (χ3n) is 7.00. The number of benzene rings is 1. The van der Waals surface area contributed by atoms with Crippen molar-refractivity contribution in [1.82, 2.24) is 15.2 Å². The smallest absolute Gasteiger partial charge is 0.325 e. The third kappa shape index (κ3) is 4.14. The van der Waals surface area contributed by atoms with Gasteiger partial charge in [-0.3, -0.25) is 14.5 Å². The first-order chi connectivity index (χ1) is 18.7. The predicted molar refractivity (Wildman–Crippen MR) is 133 cm³/mol. The number of hydrogen-bond acceptors (Lipinski definition) is 8. The maximum absolute atomic E-state index is 14.2. The lowest BCUT2D eigenvalue weighted by Gasteiger charge is -2.33. The van der Waals surface area contributed by atoms with Gasteiger partial charge in [-0.05, 0) is 61.0 Å². The fourth-order valence-electron chi connectivity index (χ4n) is 5.10. The zero-order valence-corrected chi connectivity index (χ0v) is 21.1. The van der Waals surface area contributed by atoms with Gasteiger partial charge in [0.25, 0.3) is 11.8 Å². The summed E-state index contributed by atoms with van der Waals surface area (Å²) in [6.45, 7) is -0.667. The van der Waals surface area contributed by atoms with Crippen LogP contribution in [0.25, 0.3) is 6.08 Å². The van der Waals surface area contributed by atoms with Crippen LogP contribution in [0.15, 0.2) is 79.9 Å². The minimum absolute atomic E-state index is 0.153. The van der Waals surface area contributed by atoms with Crippen LogP contribution in [0.2, 0.25) is 0 Å². The van der Waals surface area contributed by atoms with E-state index in [0.717, 1.165) is 23.2 Å². The van der Waals surface area contributed by atoms with Crippen molar-refractivity contribution in [3.63, 3.8) is 0 Å². The highest BCUT2D eigenvalue weighted by Gasteiger charge is 2.57. The van der Waals surface area contributed by atoms with E-state index in [9.17, 15) is 27.2 Å². The maximum Gasteiger partial charge on any atom is 0.325 e. The Kier molecular flexibility index (Phi) is 5.75. The highest BCUT2D eigenvalue weighted by atomic mass is 32.2. The number of sulfone groups is 1. The minimum atomic E-state index is -3.78. The molecule has 0 radical (unpaired) electrons. The van der Waals surface area contributed by atoms with Crippen LogP contribution in [-0.2, 0) is 25.0 Å². The predicted octanol–water partition coefficient (Wildman–Crippen LogP) is 2.98. The fraction of sp³-hybridized carbons (Fsp3) is 0.231. The molecular formula is C26H21FN4O7S. The van der Waals surface area contributed by atoms with Crippen LogP contribution in [0.4, 0.5) is 9.18 Å². The number of fused-ring (bicyclic) bond motifs is 2. The first-order valence-corrected chi connectivity index (χ1v) is 13.6. The number of rotatable bonds is 5. The number of nitrogens with zero attached hydrogens (tertiary/aromatic N) is 3. The van der Waals surface area contributed by atoms with Gasteiger partial charge in [-0.1, -0.05) is 0 Å². The van der Waals surface area contributed by atoms with Crippen LogP contribution in [0.5, 0.6) is 0 Å². The van der Waals surface area contributed by atoms with E-state index in [1.54, 1.807) is 36.4 Å². The monoisotopic (exact) mass is 552 g/mol. The van der Waals surface area contributed by atoms with Crippen molar-refractivity contribution in [3.05, 3.63) is 84.0 Å². The molecule has 200 valence electrons. The van der Waals surface area contributed by atoms with Crippen molar-refractivity contribution in [3.8, 4) is 0 Å². The van der Waals surface area contributed by atoms with Crippen molar-refractivity contribution in [2.75, 3.05) is 12.3 Å². The molecule has 39 heavy (non-hydrogen) atoms. The molecule has 0 aliphatic carbocycles. The van der Waals surface area contributed by atoms with Gasteiger partial charge in [-0.15, -0.1) is 0 Å². The van der Waals surface area contributed by atoms with Gasteiger partial charge in [-0.25, -0.2) is 22.6 Å². The highest BCUT2D eigenvalue weighted by Crippen LogP contribution is 2.42. The number of halogens is 1. The van der Waals surface area contributed by atoms with E-state index in [4.69, 9.17) is 8.83 Å². The Morgan fingerprint density at radius 2 is 1.95 bits per heavy atom.